The quantitative estimate of drug-likeness (QED) is 0.359. The highest BCUT2D eigenvalue weighted by Crippen LogP contribution is 2.24. The molecule has 7 heteroatoms. The van der Waals surface area contributed by atoms with Crippen molar-refractivity contribution in [2.24, 2.45) is 11.5 Å². The molecule has 0 aliphatic rings. The van der Waals surface area contributed by atoms with Crippen LogP contribution in [0.5, 0.6) is 5.75 Å². The Kier molecular flexibility index (Phi) is 10.1. The maximum Gasteiger partial charge on any atom is 0.240 e. The lowest BCUT2D eigenvalue weighted by Crippen LogP contribution is -2.53. The highest BCUT2D eigenvalue weighted by Gasteiger charge is 2.28. The van der Waals surface area contributed by atoms with Crippen molar-refractivity contribution in [1.82, 2.24) is 4.90 Å². The van der Waals surface area contributed by atoms with Crippen LogP contribution in [0.25, 0.3) is 0 Å². The van der Waals surface area contributed by atoms with Crippen molar-refractivity contribution in [2.45, 2.75) is 58.7 Å². The molecule has 196 valence electrons. The minimum atomic E-state index is -0.795. The molecule has 37 heavy (non-hydrogen) atoms. The molecule has 2 atom stereocenters. The SMILES string of the molecule is Cc1cc(OCc2ccc(Cl)cc2)cc(C)c1C[C@H](N)C(=O)N(CCCc1ccccc1)[C@H](C)C(N)=O. The number of amides is 2. The van der Waals surface area contributed by atoms with Crippen molar-refractivity contribution in [2.75, 3.05) is 6.54 Å². The summed E-state index contributed by atoms with van der Waals surface area (Å²) in [6.45, 7) is 6.45. The van der Waals surface area contributed by atoms with Gasteiger partial charge in [0.1, 0.15) is 18.4 Å². The van der Waals surface area contributed by atoms with Crippen LogP contribution in [-0.2, 0) is 29.0 Å². The average molecular weight is 522 g/mol. The first-order valence-corrected chi connectivity index (χ1v) is 12.9. The molecule has 6 nitrogen and oxygen atoms in total. The van der Waals surface area contributed by atoms with Crippen molar-refractivity contribution < 1.29 is 14.3 Å². The molecule has 4 N–H and O–H groups in total. The summed E-state index contributed by atoms with van der Waals surface area (Å²) in [4.78, 5) is 26.8. The van der Waals surface area contributed by atoms with E-state index < -0.39 is 18.0 Å². The molecule has 0 unspecified atom stereocenters. The maximum absolute atomic E-state index is 13.4. The summed E-state index contributed by atoms with van der Waals surface area (Å²) in [5, 5.41) is 0.686. The first-order valence-electron chi connectivity index (χ1n) is 12.5. The molecule has 0 fully saturated rings. The number of primary amides is 1. The van der Waals surface area contributed by atoms with Gasteiger partial charge in [0.25, 0.3) is 0 Å². The standard InChI is InChI=1S/C30H36ClN3O3/c1-20-16-26(37-19-24-11-13-25(31)14-12-24)17-21(2)27(20)18-28(32)30(36)34(22(3)29(33)35)15-7-10-23-8-5-4-6-9-23/h4-6,8-9,11-14,16-17,22,28H,7,10,15,18-19,32H2,1-3H3,(H2,33,35)/t22-,28+/m1/s1. The zero-order valence-corrected chi connectivity index (χ0v) is 22.5. The summed E-state index contributed by atoms with van der Waals surface area (Å²) in [6.07, 6.45) is 1.85. The number of nitrogens with zero attached hydrogens (tertiary/aromatic N) is 1. The Morgan fingerprint density at radius 1 is 0.973 bits per heavy atom. The zero-order chi connectivity index (χ0) is 26.9. The molecule has 3 aromatic rings. The third-order valence-corrected chi connectivity index (χ3v) is 6.85. The van der Waals surface area contributed by atoms with Gasteiger partial charge < -0.3 is 21.1 Å². The van der Waals surface area contributed by atoms with E-state index in [1.807, 2.05) is 80.6 Å². The summed E-state index contributed by atoms with van der Waals surface area (Å²) < 4.78 is 5.98. The van der Waals surface area contributed by atoms with Crippen molar-refractivity contribution in [3.63, 3.8) is 0 Å². The second-order valence-electron chi connectivity index (χ2n) is 9.46. The average Bonchev–Trinajstić information content (AvgIpc) is 2.88. The van der Waals surface area contributed by atoms with Crippen molar-refractivity contribution in [3.8, 4) is 5.75 Å². The van der Waals surface area contributed by atoms with Gasteiger partial charge in [-0.3, -0.25) is 9.59 Å². The third-order valence-electron chi connectivity index (χ3n) is 6.60. The van der Waals surface area contributed by atoms with Crippen molar-refractivity contribution in [1.29, 1.82) is 0 Å². The molecule has 0 bridgehead atoms. The molecule has 3 rings (SSSR count). The Bertz CT molecular complexity index is 1180. The van der Waals surface area contributed by atoms with Gasteiger partial charge in [-0.1, -0.05) is 54.1 Å². The number of carbonyl (C=O) groups excluding carboxylic acids is 2. The topological polar surface area (TPSA) is 98.7 Å². The summed E-state index contributed by atoms with van der Waals surface area (Å²) >= 11 is 5.95. The van der Waals surface area contributed by atoms with Gasteiger partial charge in [-0.15, -0.1) is 0 Å². The molecule has 0 radical (unpaired) electrons. The molecule has 2 amide bonds. The fourth-order valence-corrected chi connectivity index (χ4v) is 4.50. The molecule has 0 saturated heterocycles. The molecule has 3 aromatic carbocycles. The minimum absolute atomic E-state index is 0.277. The fraction of sp³-hybridized carbons (Fsp3) is 0.333. The lowest BCUT2D eigenvalue weighted by atomic mass is 9.95. The van der Waals surface area contributed by atoms with E-state index in [2.05, 4.69) is 0 Å². The van der Waals surface area contributed by atoms with Gasteiger partial charge in [0.2, 0.25) is 11.8 Å². The number of benzene rings is 3. The van der Waals surface area contributed by atoms with Crippen LogP contribution in [0.4, 0.5) is 0 Å². The van der Waals surface area contributed by atoms with Gasteiger partial charge in [0, 0.05) is 11.6 Å². The van der Waals surface area contributed by atoms with Crippen LogP contribution in [-0.4, -0.2) is 35.3 Å². The monoisotopic (exact) mass is 521 g/mol. The van der Waals surface area contributed by atoms with Crippen molar-refractivity contribution >= 4 is 23.4 Å². The van der Waals surface area contributed by atoms with E-state index in [0.717, 1.165) is 34.4 Å². The van der Waals surface area contributed by atoms with Crippen molar-refractivity contribution in [3.05, 3.63) is 99.6 Å². The van der Waals surface area contributed by atoms with Gasteiger partial charge in [-0.2, -0.15) is 0 Å². The van der Waals surface area contributed by atoms with E-state index in [-0.39, 0.29) is 5.91 Å². The predicted octanol–water partition coefficient (Wildman–Crippen LogP) is 4.74. The Hall–Kier alpha value is -3.35. The minimum Gasteiger partial charge on any atom is -0.489 e. The molecule has 0 spiro atoms. The molecule has 0 saturated carbocycles. The van der Waals surface area contributed by atoms with Gasteiger partial charge >= 0.3 is 0 Å². The number of hydrogen-bond donors (Lipinski definition) is 2. The van der Waals surface area contributed by atoms with E-state index in [9.17, 15) is 9.59 Å². The van der Waals surface area contributed by atoms with Crippen LogP contribution >= 0.6 is 11.6 Å². The highest BCUT2D eigenvalue weighted by atomic mass is 35.5. The number of nitrogens with two attached hydrogens (primary N) is 2. The first-order chi connectivity index (χ1) is 17.7. The molecule has 0 aliphatic heterocycles. The van der Waals surface area contributed by atoms with Crippen LogP contribution in [0.1, 0.15) is 41.2 Å². The summed E-state index contributed by atoms with van der Waals surface area (Å²) in [5.74, 6) is -0.0745. The van der Waals surface area contributed by atoms with Gasteiger partial charge in [0.05, 0.1) is 6.04 Å². The fourth-order valence-electron chi connectivity index (χ4n) is 4.37. The van der Waals surface area contributed by atoms with Crippen LogP contribution in [0.3, 0.4) is 0 Å². The molecule has 0 heterocycles. The Labute approximate surface area is 224 Å². The smallest absolute Gasteiger partial charge is 0.240 e. The maximum atomic E-state index is 13.4. The van der Waals surface area contributed by atoms with E-state index in [1.54, 1.807) is 6.92 Å². The van der Waals surface area contributed by atoms with E-state index in [0.29, 0.717) is 31.0 Å². The lowest BCUT2D eigenvalue weighted by Gasteiger charge is -2.30. The Balaban J connectivity index is 1.66. The molecule has 0 aliphatic carbocycles. The summed E-state index contributed by atoms with van der Waals surface area (Å²) in [5.41, 5.74) is 17.1. The Morgan fingerprint density at radius 2 is 1.59 bits per heavy atom. The number of carbonyl (C=O) groups is 2. The van der Waals surface area contributed by atoms with Crippen LogP contribution in [0.2, 0.25) is 5.02 Å². The number of ether oxygens (including phenoxy) is 1. The number of aryl methyl sites for hydroxylation is 3. The van der Waals surface area contributed by atoms with Crippen LogP contribution in [0.15, 0.2) is 66.7 Å². The second-order valence-corrected chi connectivity index (χ2v) is 9.90. The predicted molar refractivity (Wildman–Crippen MR) is 149 cm³/mol. The van der Waals surface area contributed by atoms with E-state index in [4.69, 9.17) is 27.8 Å². The molecular weight excluding hydrogens is 486 g/mol. The number of halogens is 1. The van der Waals surface area contributed by atoms with E-state index >= 15 is 0 Å². The van der Waals surface area contributed by atoms with Gasteiger partial charge in [0.15, 0.2) is 0 Å². The lowest BCUT2D eigenvalue weighted by molar-refractivity contribution is -0.139. The van der Waals surface area contributed by atoms with E-state index in [1.165, 1.54) is 10.5 Å². The summed E-state index contributed by atoms with van der Waals surface area (Å²) in [7, 11) is 0. The molecular formula is C30H36ClN3O3. The first kappa shape index (κ1) is 28.2. The zero-order valence-electron chi connectivity index (χ0n) is 21.7. The second kappa shape index (κ2) is 13.3. The Morgan fingerprint density at radius 3 is 2.19 bits per heavy atom. The normalized spacial score (nSPS) is 12.6. The van der Waals surface area contributed by atoms with Gasteiger partial charge in [-0.05, 0) is 92.1 Å². The van der Waals surface area contributed by atoms with Crippen LogP contribution < -0.4 is 16.2 Å². The largest absolute Gasteiger partial charge is 0.489 e. The third kappa shape index (κ3) is 8.07. The number of hydrogen-bond acceptors (Lipinski definition) is 4. The van der Waals surface area contributed by atoms with Gasteiger partial charge in [-0.25, -0.2) is 0 Å². The highest BCUT2D eigenvalue weighted by molar-refractivity contribution is 6.30. The van der Waals surface area contributed by atoms with Crippen LogP contribution in [0, 0.1) is 13.8 Å². The summed E-state index contributed by atoms with van der Waals surface area (Å²) in [6, 6.07) is 19.9. The number of rotatable bonds is 12. The molecule has 0 aromatic heterocycles.